The van der Waals surface area contributed by atoms with E-state index >= 15 is 0 Å². The predicted molar refractivity (Wildman–Crippen MR) is 150 cm³/mol. The number of ether oxygens (including phenoxy) is 3. The maximum absolute atomic E-state index is 13.8. The number of hydrogen-bond donors (Lipinski definition) is 0. The largest absolute Gasteiger partial charge is 0.493 e. The topological polar surface area (TPSA) is 79.1 Å². The number of fused-ring (bicyclic) bond motifs is 1. The fraction of sp³-hybridized carbons (Fsp3) is 0.367. The number of hydrogen-bond acceptors (Lipinski definition) is 7. The van der Waals surface area contributed by atoms with Gasteiger partial charge in [-0.25, -0.2) is 9.79 Å². The highest BCUT2D eigenvalue weighted by Gasteiger charge is 2.33. The van der Waals surface area contributed by atoms with E-state index in [1.807, 2.05) is 48.5 Å². The van der Waals surface area contributed by atoms with Crippen molar-refractivity contribution in [1.82, 2.24) is 4.57 Å². The molecule has 2 aromatic carbocycles. The fourth-order valence-corrected chi connectivity index (χ4v) is 5.42. The van der Waals surface area contributed by atoms with Crippen molar-refractivity contribution >= 4 is 23.4 Å². The Balaban J connectivity index is 1.84. The van der Waals surface area contributed by atoms with E-state index in [0.29, 0.717) is 50.5 Å². The first-order valence-electron chi connectivity index (χ1n) is 12.7. The maximum atomic E-state index is 13.8. The Hall–Kier alpha value is -3.65. The lowest BCUT2D eigenvalue weighted by Gasteiger charge is -2.24. The predicted octanol–water partition coefficient (Wildman–Crippen LogP) is 4.58. The average molecular weight is 535 g/mol. The third kappa shape index (κ3) is 5.45. The van der Waals surface area contributed by atoms with Crippen molar-refractivity contribution in [3.8, 4) is 11.5 Å². The van der Waals surface area contributed by atoms with E-state index in [-0.39, 0.29) is 5.56 Å². The van der Waals surface area contributed by atoms with Crippen LogP contribution in [0.3, 0.4) is 0 Å². The molecule has 8 heteroatoms. The summed E-state index contributed by atoms with van der Waals surface area (Å²) in [7, 11) is 2.94. The van der Waals surface area contributed by atoms with E-state index < -0.39 is 12.0 Å². The van der Waals surface area contributed by atoms with Crippen LogP contribution in [0.4, 0.5) is 0 Å². The number of rotatable bonds is 8. The second-order valence-electron chi connectivity index (χ2n) is 10.0. The van der Waals surface area contributed by atoms with E-state index in [1.54, 1.807) is 18.6 Å². The number of aromatic nitrogens is 1. The Morgan fingerprint density at radius 3 is 2.39 bits per heavy atom. The van der Waals surface area contributed by atoms with Gasteiger partial charge >= 0.3 is 5.97 Å². The molecule has 3 aromatic rings. The first kappa shape index (κ1) is 27.4. The summed E-state index contributed by atoms with van der Waals surface area (Å²) < 4.78 is 18.6. The van der Waals surface area contributed by atoms with Crippen LogP contribution in [0, 0.1) is 5.92 Å². The third-order valence-corrected chi connectivity index (χ3v) is 7.39. The summed E-state index contributed by atoms with van der Waals surface area (Å²) in [6, 6.07) is 13.0. The summed E-state index contributed by atoms with van der Waals surface area (Å²) in [6.45, 7) is 10.8. The molecule has 38 heavy (non-hydrogen) atoms. The Labute approximate surface area is 226 Å². The SMILES string of the molecule is COC(=O)C1=C(C)N=c2sc(=Cc3ccc(OCC(C)C)c(OC)c3)c(=O)n2C1c1ccc(C(C)C)cc1. The van der Waals surface area contributed by atoms with Crippen LogP contribution in [0.5, 0.6) is 11.5 Å². The van der Waals surface area contributed by atoms with E-state index in [2.05, 4.69) is 32.7 Å². The van der Waals surface area contributed by atoms with Gasteiger partial charge in [-0.1, -0.05) is 69.4 Å². The number of benzene rings is 2. The fourth-order valence-electron chi connectivity index (χ4n) is 4.37. The molecule has 200 valence electrons. The van der Waals surface area contributed by atoms with E-state index in [0.717, 1.165) is 11.1 Å². The molecule has 0 saturated carbocycles. The quantitative estimate of drug-likeness (QED) is 0.396. The molecule has 1 unspecified atom stereocenters. The second kappa shape index (κ2) is 11.4. The summed E-state index contributed by atoms with van der Waals surface area (Å²) in [5.41, 5.74) is 3.47. The zero-order valence-corrected chi connectivity index (χ0v) is 23.7. The van der Waals surface area contributed by atoms with Crippen molar-refractivity contribution in [3.05, 3.63) is 90.1 Å². The van der Waals surface area contributed by atoms with Crippen molar-refractivity contribution in [2.24, 2.45) is 10.9 Å². The molecule has 0 spiro atoms. The molecule has 0 aliphatic carbocycles. The van der Waals surface area contributed by atoms with E-state index in [1.165, 1.54) is 24.0 Å². The minimum absolute atomic E-state index is 0.223. The molecule has 0 saturated heterocycles. The molecule has 1 aliphatic rings. The zero-order chi connectivity index (χ0) is 27.6. The molecular formula is C30H34N2O5S. The summed E-state index contributed by atoms with van der Waals surface area (Å²) in [6.07, 6.45) is 1.81. The van der Waals surface area contributed by atoms with Crippen LogP contribution in [-0.2, 0) is 9.53 Å². The standard InChI is InChI=1S/C30H34N2O5S/c1-17(2)16-37-23-13-8-20(14-24(23)35-6)15-25-28(33)32-27(22-11-9-21(10-12-22)18(3)4)26(29(34)36-7)19(5)31-30(32)38-25/h8-15,17-18,27H,16H2,1-7H3. The number of nitrogens with zero attached hydrogens (tertiary/aromatic N) is 2. The number of esters is 1. The van der Waals surface area contributed by atoms with Crippen molar-refractivity contribution in [3.63, 3.8) is 0 Å². The van der Waals surface area contributed by atoms with Crippen molar-refractivity contribution < 1.29 is 19.0 Å². The van der Waals surface area contributed by atoms with Gasteiger partial charge in [-0.15, -0.1) is 0 Å². The summed E-state index contributed by atoms with van der Waals surface area (Å²) >= 11 is 1.29. The number of methoxy groups -OCH3 is 2. The number of carbonyl (C=O) groups is 1. The van der Waals surface area contributed by atoms with Crippen LogP contribution in [-0.4, -0.2) is 31.4 Å². The highest BCUT2D eigenvalue weighted by molar-refractivity contribution is 7.07. The van der Waals surface area contributed by atoms with Crippen LogP contribution < -0.4 is 24.4 Å². The van der Waals surface area contributed by atoms with Gasteiger partial charge in [0.05, 0.1) is 42.7 Å². The van der Waals surface area contributed by atoms with Gasteiger partial charge < -0.3 is 14.2 Å². The van der Waals surface area contributed by atoms with Gasteiger partial charge in [0.2, 0.25) is 0 Å². The lowest BCUT2D eigenvalue weighted by molar-refractivity contribution is -0.136. The maximum Gasteiger partial charge on any atom is 0.338 e. The Bertz CT molecular complexity index is 1540. The Kier molecular flexibility index (Phi) is 8.21. The average Bonchev–Trinajstić information content (AvgIpc) is 3.20. The van der Waals surface area contributed by atoms with Gasteiger partial charge in [-0.05, 0) is 53.7 Å². The molecule has 0 N–H and O–H groups in total. The van der Waals surface area contributed by atoms with Crippen molar-refractivity contribution in [2.75, 3.05) is 20.8 Å². The molecule has 0 radical (unpaired) electrons. The normalized spacial score (nSPS) is 15.5. The third-order valence-electron chi connectivity index (χ3n) is 6.40. The highest BCUT2D eigenvalue weighted by Crippen LogP contribution is 2.32. The summed E-state index contributed by atoms with van der Waals surface area (Å²) in [4.78, 5) is 31.8. The molecule has 1 atom stereocenters. The van der Waals surface area contributed by atoms with Crippen molar-refractivity contribution in [2.45, 2.75) is 46.6 Å². The smallest absolute Gasteiger partial charge is 0.338 e. The minimum atomic E-state index is -0.636. The highest BCUT2D eigenvalue weighted by atomic mass is 32.1. The number of thiazole rings is 1. The van der Waals surface area contributed by atoms with Crippen LogP contribution in [0.1, 0.15) is 63.3 Å². The van der Waals surface area contributed by atoms with Crippen LogP contribution in [0.15, 0.2) is 63.5 Å². The monoisotopic (exact) mass is 534 g/mol. The number of carbonyl (C=O) groups excluding carboxylic acids is 1. The zero-order valence-electron chi connectivity index (χ0n) is 22.9. The Morgan fingerprint density at radius 1 is 1.08 bits per heavy atom. The van der Waals surface area contributed by atoms with E-state index in [9.17, 15) is 9.59 Å². The van der Waals surface area contributed by atoms with Crippen LogP contribution in [0.2, 0.25) is 0 Å². The first-order valence-corrected chi connectivity index (χ1v) is 13.5. The van der Waals surface area contributed by atoms with Gasteiger partial charge in [0.25, 0.3) is 5.56 Å². The van der Waals surface area contributed by atoms with Crippen LogP contribution in [0.25, 0.3) is 6.08 Å². The second-order valence-corrected chi connectivity index (χ2v) is 11.0. The molecule has 1 aromatic heterocycles. The molecule has 2 heterocycles. The van der Waals surface area contributed by atoms with Gasteiger partial charge in [-0.3, -0.25) is 9.36 Å². The minimum Gasteiger partial charge on any atom is -0.493 e. The van der Waals surface area contributed by atoms with Gasteiger partial charge in [-0.2, -0.15) is 0 Å². The lowest BCUT2D eigenvalue weighted by atomic mass is 9.93. The molecule has 1 aliphatic heterocycles. The van der Waals surface area contributed by atoms with Gasteiger partial charge in [0.15, 0.2) is 16.3 Å². The van der Waals surface area contributed by atoms with Crippen LogP contribution >= 0.6 is 11.3 Å². The van der Waals surface area contributed by atoms with Gasteiger partial charge in [0.1, 0.15) is 0 Å². The molecule has 7 nitrogen and oxygen atoms in total. The molecule has 0 amide bonds. The molecule has 0 fully saturated rings. The Morgan fingerprint density at radius 2 is 1.79 bits per heavy atom. The molecule has 0 bridgehead atoms. The van der Waals surface area contributed by atoms with Crippen molar-refractivity contribution in [1.29, 1.82) is 0 Å². The number of allylic oxidation sites excluding steroid dienone is 1. The molecule has 4 rings (SSSR count). The lowest BCUT2D eigenvalue weighted by Crippen LogP contribution is -2.39. The van der Waals surface area contributed by atoms with Gasteiger partial charge in [0, 0.05) is 0 Å². The first-order chi connectivity index (χ1) is 18.1. The van der Waals surface area contributed by atoms with E-state index in [4.69, 9.17) is 14.2 Å². The molecular weight excluding hydrogens is 500 g/mol. The summed E-state index contributed by atoms with van der Waals surface area (Å²) in [5, 5.41) is 0. The summed E-state index contributed by atoms with van der Waals surface area (Å²) in [5.74, 6) is 1.50.